The van der Waals surface area contributed by atoms with Crippen LogP contribution < -0.4 is 15.2 Å². The van der Waals surface area contributed by atoms with Crippen LogP contribution in [0.2, 0.25) is 0 Å². The summed E-state index contributed by atoms with van der Waals surface area (Å²) in [7, 11) is 0. The van der Waals surface area contributed by atoms with E-state index in [2.05, 4.69) is 35.8 Å². The van der Waals surface area contributed by atoms with Crippen LogP contribution in [-0.4, -0.2) is 12.3 Å². The Bertz CT molecular complexity index is 464. The summed E-state index contributed by atoms with van der Waals surface area (Å²) in [5.74, 6) is 2.04. The first-order valence-corrected chi connectivity index (χ1v) is 6.98. The number of hydrogen-bond donors (Lipinski definition) is 1. The lowest BCUT2D eigenvalue weighted by atomic mass is 9.88. The van der Waals surface area contributed by atoms with Crippen LogP contribution >= 0.6 is 15.9 Å². The number of rotatable bonds is 3. The Kier molecular flexibility index (Phi) is 3.60. The van der Waals surface area contributed by atoms with Gasteiger partial charge in [0, 0.05) is 5.54 Å². The lowest BCUT2D eigenvalue weighted by Gasteiger charge is -2.23. The minimum atomic E-state index is -0.239. The lowest BCUT2D eigenvalue weighted by Crippen LogP contribution is -2.34. The molecule has 1 heterocycles. The molecule has 2 rings (SSSR count). The molecule has 0 fully saturated rings. The summed E-state index contributed by atoms with van der Waals surface area (Å²) in [5.41, 5.74) is 8.40. The molecule has 0 radical (unpaired) electrons. The van der Waals surface area contributed by atoms with Gasteiger partial charge in [0.1, 0.15) is 0 Å². The molecule has 18 heavy (non-hydrogen) atoms. The average molecular weight is 314 g/mol. The Morgan fingerprint density at radius 1 is 1.39 bits per heavy atom. The quantitative estimate of drug-likeness (QED) is 0.927. The van der Waals surface area contributed by atoms with Crippen LogP contribution in [0.5, 0.6) is 11.5 Å². The molecule has 1 aliphatic heterocycles. The largest absolute Gasteiger partial charge is 0.454 e. The van der Waals surface area contributed by atoms with E-state index in [9.17, 15) is 0 Å². The fraction of sp³-hybridized carbons (Fsp3) is 0.571. The van der Waals surface area contributed by atoms with Gasteiger partial charge in [0.05, 0.1) is 4.47 Å². The minimum Gasteiger partial charge on any atom is -0.454 e. The molecule has 0 aromatic heterocycles. The van der Waals surface area contributed by atoms with Crippen LogP contribution in [0.15, 0.2) is 10.5 Å². The molecule has 0 atom stereocenters. The summed E-state index contributed by atoms with van der Waals surface area (Å²) in [6.45, 7) is 8.72. The monoisotopic (exact) mass is 313 g/mol. The highest BCUT2D eigenvalue weighted by molar-refractivity contribution is 9.10. The molecule has 0 spiro atoms. The second kappa shape index (κ2) is 4.74. The van der Waals surface area contributed by atoms with Gasteiger partial charge in [0.25, 0.3) is 0 Å². The van der Waals surface area contributed by atoms with Crippen molar-refractivity contribution in [1.82, 2.24) is 0 Å². The fourth-order valence-corrected chi connectivity index (χ4v) is 3.35. The third-order valence-electron chi connectivity index (χ3n) is 2.95. The molecule has 0 unspecified atom stereocenters. The first-order chi connectivity index (χ1) is 8.29. The Morgan fingerprint density at radius 2 is 2.06 bits per heavy atom. The predicted octanol–water partition coefficient (Wildman–Crippen LogP) is 3.58. The van der Waals surface area contributed by atoms with E-state index in [0.717, 1.165) is 22.4 Å². The minimum absolute atomic E-state index is 0.239. The molecule has 4 heteroatoms. The highest BCUT2D eigenvalue weighted by Crippen LogP contribution is 2.45. The molecule has 3 nitrogen and oxygen atoms in total. The van der Waals surface area contributed by atoms with E-state index in [0.29, 0.717) is 12.7 Å². The SMILES string of the molecule is CC(C)c1c(CC(C)(C)N)cc2c(c1Br)OCO2. The van der Waals surface area contributed by atoms with Gasteiger partial charge in [-0.25, -0.2) is 0 Å². The van der Waals surface area contributed by atoms with Crippen LogP contribution in [0, 0.1) is 0 Å². The van der Waals surface area contributed by atoms with Gasteiger partial charge in [-0.15, -0.1) is 0 Å². The van der Waals surface area contributed by atoms with Gasteiger partial charge in [-0.05, 0) is 59.3 Å². The summed E-state index contributed by atoms with van der Waals surface area (Å²) in [6, 6.07) is 2.07. The van der Waals surface area contributed by atoms with E-state index in [1.807, 2.05) is 13.8 Å². The van der Waals surface area contributed by atoms with Crippen molar-refractivity contribution in [3.8, 4) is 11.5 Å². The molecule has 0 saturated heterocycles. The number of benzene rings is 1. The zero-order valence-corrected chi connectivity index (χ0v) is 12.9. The topological polar surface area (TPSA) is 44.5 Å². The number of ether oxygens (including phenoxy) is 2. The van der Waals surface area contributed by atoms with Crippen LogP contribution in [0.25, 0.3) is 0 Å². The zero-order valence-electron chi connectivity index (χ0n) is 11.3. The fourth-order valence-electron chi connectivity index (χ4n) is 2.33. The number of fused-ring (bicyclic) bond motifs is 1. The molecule has 1 aromatic rings. The molecule has 0 aliphatic carbocycles. The summed E-state index contributed by atoms with van der Waals surface area (Å²) in [4.78, 5) is 0. The average Bonchev–Trinajstić information content (AvgIpc) is 2.62. The van der Waals surface area contributed by atoms with Crippen molar-refractivity contribution in [2.45, 2.75) is 45.6 Å². The summed E-state index contributed by atoms with van der Waals surface area (Å²) >= 11 is 3.65. The van der Waals surface area contributed by atoms with E-state index in [1.165, 1.54) is 11.1 Å². The molecular formula is C14H20BrNO2. The zero-order chi connectivity index (χ0) is 13.5. The lowest BCUT2D eigenvalue weighted by molar-refractivity contribution is 0.173. The molecule has 0 saturated carbocycles. The Balaban J connectivity index is 2.54. The van der Waals surface area contributed by atoms with Crippen LogP contribution in [0.4, 0.5) is 0 Å². The van der Waals surface area contributed by atoms with Gasteiger partial charge in [-0.2, -0.15) is 0 Å². The highest BCUT2D eigenvalue weighted by atomic mass is 79.9. The van der Waals surface area contributed by atoms with Gasteiger partial charge in [0.15, 0.2) is 11.5 Å². The van der Waals surface area contributed by atoms with Crippen molar-refractivity contribution in [2.75, 3.05) is 6.79 Å². The van der Waals surface area contributed by atoms with Crippen molar-refractivity contribution in [3.63, 3.8) is 0 Å². The normalized spacial score (nSPS) is 14.4. The third kappa shape index (κ3) is 2.64. The second-order valence-electron chi connectivity index (χ2n) is 5.82. The summed E-state index contributed by atoms with van der Waals surface area (Å²) in [6.07, 6.45) is 0.815. The maximum atomic E-state index is 6.14. The van der Waals surface area contributed by atoms with E-state index in [4.69, 9.17) is 15.2 Å². The van der Waals surface area contributed by atoms with Crippen LogP contribution in [-0.2, 0) is 6.42 Å². The smallest absolute Gasteiger partial charge is 0.231 e. The number of halogens is 1. The molecule has 0 bridgehead atoms. The summed E-state index contributed by atoms with van der Waals surface area (Å²) in [5, 5.41) is 0. The molecule has 2 N–H and O–H groups in total. The first-order valence-electron chi connectivity index (χ1n) is 6.19. The van der Waals surface area contributed by atoms with Crippen molar-refractivity contribution in [3.05, 3.63) is 21.7 Å². The van der Waals surface area contributed by atoms with Crippen molar-refractivity contribution in [2.24, 2.45) is 5.73 Å². The number of hydrogen-bond acceptors (Lipinski definition) is 3. The van der Waals surface area contributed by atoms with Crippen molar-refractivity contribution >= 4 is 15.9 Å². The Labute approximate surface area is 117 Å². The van der Waals surface area contributed by atoms with E-state index < -0.39 is 0 Å². The molecular weight excluding hydrogens is 294 g/mol. The van der Waals surface area contributed by atoms with Crippen LogP contribution in [0.1, 0.15) is 44.7 Å². The van der Waals surface area contributed by atoms with Gasteiger partial charge in [-0.3, -0.25) is 0 Å². The van der Waals surface area contributed by atoms with E-state index in [1.54, 1.807) is 0 Å². The first kappa shape index (κ1) is 13.7. The van der Waals surface area contributed by atoms with Crippen molar-refractivity contribution < 1.29 is 9.47 Å². The highest BCUT2D eigenvalue weighted by Gasteiger charge is 2.26. The Morgan fingerprint density at radius 3 is 2.61 bits per heavy atom. The maximum absolute atomic E-state index is 6.14. The molecule has 1 aliphatic rings. The van der Waals surface area contributed by atoms with E-state index in [-0.39, 0.29) is 5.54 Å². The second-order valence-corrected chi connectivity index (χ2v) is 6.61. The van der Waals surface area contributed by atoms with Crippen molar-refractivity contribution in [1.29, 1.82) is 0 Å². The van der Waals surface area contributed by atoms with E-state index >= 15 is 0 Å². The van der Waals surface area contributed by atoms with Crippen LogP contribution in [0.3, 0.4) is 0 Å². The number of nitrogens with two attached hydrogens (primary N) is 1. The van der Waals surface area contributed by atoms with Gasteiger partial charge in [-0.1, -0.05) is 13.8 Å². The standard InChI is InChI=1S/C14H20BrNO2/c1-8(2)11-9(6-14(3,4)16)5-10-13(12(11)15)18-7-17-10/h5,8H,6-7,16H2,1-4H3. The molecule has 1 aromatic carbocycles. The summed E-state index contributed by atoms with van der Waals surface area (Å²) < 4.78 is 12.0. The predicted molar refractivity (Wildman–Crippen MR) is 76.3 cm³/mol. The molecule has 0 amide bonds. The molecule has 100 valence electrons. The maximum Gasteiger partial charge on any atom is 0.231 e. The van der Waals surface area contributed by atoms with Gasteiger partial charge >= 0.3 is 0 Å². The Hall–Kier alpha value is -0.740. The van der Waals surface area contributed by atoms with Gasteiger partial charge in [0.2, 0.25) is 6.79 Å². The van der Waals surface area contributed by atoms with Gasteiger partial charge < -0.3 is 15.2 Å². The third-order valence-corrected chi connectivity index (χ3v) is 3.74.